The maximum atomic E-state index is 12.8. The summed E-state index contributed by atoms with van der Waals surface area (Å²) in [6.45, 7) is 3.95. The van der Waals surface area contributed by atoms with E-state index in [-0.39, 0.29) is 17.9 Å². The minimum Gasteiger partial charge on any atom is -0.351 e. The lowest BCUT2D eigenvalue weighted by Crippen LogP contribution is -2.48. The van der Waals surface area contributed by atoms with E-state index in [0.29, 0.717) is 38.2 Å². The van der Waals surface area contributed by atoms with Gasteiger partial charge in [0.05, 0.1) is 24.1 Å². The Hall–Kier alpha value is -1.47. The minimum atomic E-state index is -0.561. The molecule has 3 fully saturated rings. The number of ether oxygens (including phenoxy) is 1. The van der Waals surface area contributed by atoms with Gasteiger partial charge in [-0.15, -0.1) is 11.3 Å². The molecule has 3 saturated heterocycles. The summed E-state index contributed by atoms with van der Waals surface area (Å²) >= 11 is 1.54. The molecule has 22 heavy (non-hydrogen) atoms. The molecular formula is C15H19N3O3S. The highest BCUT2D eigenvalue weighted by molar-refractivity contribution is 7.09. The van der Waals surface area contributed by atoms with E-state index in [1.165, 1.54) is 11.3 Å². The molecule has 6 nitrogen and oxygen atoms in total. The van der Waals surface area contributed by atoms with Crippen molar-refractivity contribution in [2.24, 2.45) is 0 Å². The number of likely N-dealkylation sites (tertiary alicyclic amines) is 1. The van der Waals surface area contributed by atoms with Crippen LogP contribution in [0.4, 0.5) is 0 Å². The van der Waals surface area contributed by atoms with Crippen LogP contribution in [-0.2, 0) is 16.0 Å². The first-order chi connectivity index (χ1) is 10.7. The van der Waals surface area contributed by atoms with Gasteiger partial charge in [0.1, 0.15) is 5.69 Å². The number of hydrogen-bond donors (Lipinski definition) is 0. The molecule has 0 unspecified atom stereocenters. The highest BCUT2D eigenvalue weighted by Gasteiger charge is 2.63. The van der Waals surface area contributed by atoms with Crippen LogP contribution in [0.3, 0.4) is 0 Å². The molecule has 0 aromatic carbocycles. The Bertz CT molecular complexity index is 631. The van der Waals surface area contributed by atoms with Gasteiger partial charge in [0.2, 0.25) is 5.91 Å². The van der Waals surface area contributed by atoms with Crippen LogP contribution in [0.15, 0.2) is 5.38 Å². The number of aryl methyl sites for hydroxylation is 1. The summed E-state index contributed by atoms with van der Waals surface area (Å²) in [5, 5.41) is 2.84. The van der Waals surface area contributed by atoms with Gasteiger partial charge in [0, 0.05) is 24.9 Å². The van der Waals surface area contributed by atoms with Gasteiger partial charge in [-0.3, -0.25) is 9.59 Å². The predicted molar refractivity (Wildman–Crippen MR) is 80.6 cm³/mol. The zero-order valence-corrected chi connectivity index (χ0v) is 13.4. The molecule has 0 saturated carbocycles. The Morgan fingerprint density at radius 2 is 2.41 bits per heavy atom. The monoisotopic (exact) mass is 321 g/mol. The number of rotatable bonds is 3. The molecule has 4 rings (SSSR count). The topological polar surface area (TPSA) is 62.7 Å². The van der Waals surface area contributed by atoms with Gasteiger partial charge in [-0.25, -0.2) is 4.98 Å². The second kappa shape index (κ2) is 5.03. The fourth-order valence-corrected chi connectivity index (χ4v) is 4.79. The molecule has 3 aliphatic heterocycles. The van der Waals surface area contributed by atoms with Crippen molar-refractivity contribution in [1.82, 2.24) is 14.8 Å². The van der Waals surface area contributed by atoms with Gasteiger partial charge in [-0.1, -0.05) is 6.92 Å². The van der Waals surface area contributed by atoms with Crippen LogP contribution < -0.4 is 0 Å². The van der Waals surface area contributed by atoms with Gasteiger partial charge in [-0.05, 0) is 12.8 Å². The molecule has 0 radical (unpaired) electrons. The number of aromatic nitrogens is 1. The molecule has 4 heterocycles. The SMILES string of the molecule is CCCc1nc(C(=O)N2CC[C@@]34OCCN3C(=O)C[C@@H]24)cs1. The third kappa shape index (κ3) is 1.85. The number of amides is 2. The summed E-state index contributed by atoms with van der Waals surface area (Å²) in [5.74, 6) is 0.0376. The third-order valence-corrected chi connectivity index (χ3v) is 5.80. The van der Waals surface area contributed by atoms with Crippen molar-refractivity contribution in [3.05, 3.63) is 16.1 Å². The molecule has 1 aromatic heterocycles. The second-order valence-corrected chi connectivity index (χ2v) is 7.03. The molecule has 2 amide bonds. The van der Waals surface area contributed by atoms with Crippen molar-refractivity contribution in [2.75, 3.05) is 19.7 Å². The van der Waals surface area contributed by atoms with Gasteiger partial charge >= 0.3 is 0 Å². The first kappa shape index (κ1) is 14.1. The molecule has 0 aliphatic carbocycles. The number of nitrogens with zero attached hydrogens (tertiary/aromatic N) is 3. The van der Waals surface area contributed by atoms with Crippen molar-refractivity contribution >= 4 is 23.2 Å². The summed E-state index contributed by atoms with van der Waals surface area (Å²) in [7, 11) is 0. The highest BCUT2D eigenvalue weighted by atomic mass is 32.1. The Kier molecular flexibility index (Phi) is 3.23. The quantitative estimate of drug-likeness (QED) is 0.841. The lowest BCUT2D eigenvalue weighted by molar-refractivity contribution is -0.136. The lowest BCUT2D eigenvalue weighted by Gasteiger charge is -2.31. The molecule has 0 N–H and O–H groups in total. The number of thiazole rings is 1. The van der Waals surface area contributed by atoms with E-state index in [0.717, 1.165) is 17.8 Å². The predicted octanol–water partition coefficient (Wildman–Crippen LogP) is 1.27. The van der Waals surface area contributed by atoms with E-state index < -0.39 is 5.72 Å². The third-order valence-electron chi connectivity index (χ3n) is 4.90. The molecule has 1 aromatic rings. The lowest BCUT2D eigenvalue weighted by atomic mass is 10.1. The second-order valence-electron chi connectivity index (χ2n) is 6.08. The summed E-state index contributed by atoms with van der Waals surface area (Å²) in [6, 6.07) is -0.161. The van der Waals surface area contributed by atoms with Crippen molar-refractivity contribution in [3.8, 4) is 0 Å². The van der Waals surface area contributed by atoms with Crippen LogP contribution in [0.5, 0.6) is 0 Å². The van der Waals surface area contributed by atoms with E-state index in [1.807, 2.05) is 10.3 Å². The van der Waals surface area contributed by atoms with Gasteiger partial charge in [0.15, 0.2) is 5.72 Å². The normalized spacial score (nSPS) is 30.0. The molecule has 1 spiro atoms. The Labute approximate surface area is 133 Å². The zero-order valence-electron chi connectivity index (χ0n) is 12.6. The van der Waals surface area contributed by atoms with Crippen LogP contribution >= 0.6 is 11.3 Å². The van der Waals surface area contributed by atoms with Gasteiger partial charge in [-0.2, -0.15) is 0 Å². The number of carbonyl (C=O) groups is 2. The molecule has 118 valence electrons. The summed E-state index contributed by atoms with van der Waals surface area (Å²) in [6.07, 6.45) is 3.01. The number of hydrogen-bond acceptors (Lipinski definition) is 5. The van der Waals surface area contributed by atoms with Crippen molar-refractivity contribution < 1.29 is 14.3 Å². The minimum absolute atomic E-state index is 0.0642. The molecule has 0 bridgehead atoms. The zero-order chi connectivity index (χ0) is 15.3. The highest BCUT2D eigenvalue weighted by Crippen LogP contribution is 2.45. The number of carbonyl (C=O) groups excluding carboxylic acids is 2. The fourth-order valence-electron chi connectivity index (χ4n) is 3.92. The van der Waals surface area contributed by atoms with Crippen molar-refractivity contribution in [1.29, 1.82) is 0 Å². The van der Waals surface area contributed by atoms with Crippen molar-refractivity contribution in [2.45, 2.75) is 44.4 Å². The molecule has 3 aliphatic rings. The Balaban J connectivity index is 1.58. The Morgan fingerprint density at radius 1 is 1.55 bits per heavy atom. The largest absolute Gasteiger partial charge is 0.351 e. The van der Waals surface area contributed by atoms with Gasteiger partial charge in [0.25, 0.3) is 5.91 Å². The first-order valence-electron chi connectivity index (χ1n) is 7.85. The summed E-state index contributed by atoms with van der Waals surface area (Å²) < 4.78 is 5.91. The fraction of sp³-hybridized carbons (Fsp3) is 0.667. The van der Waals surface area contributed by atoms with E-state index in [9.17, 15) is 9.59 Å². The van der Waals surface area contributed by atoms with Crippen LogP contribution in [0, 0.1) is 0 Å². The maximum Gasteiger partial charge on any atom is 0.273 e. The molecule has 7 heteroatoms. The summed E-state index contributed by atoms with van der Waals surface area (Å²) in [5.41, 5.74) is -0.0518. The van der Waals surface area contributed by atoms with Crippen molar-refractivity contribution in [3.63, 3.8) is 0 Å². The molecule has 2 atom stereocenters. The van der Waals surface area contributed by atoms with Crippen LogP contribution in [-0.4, -0.2) is 58.1 Å². The van der Waals surface area contributed by atoms with Crippen LogP contribution in [0.2, 0.25) is 0 Å². The average molecular weight is 321 g/mol. The van der Waals surface area contributed by atoms with Crippen LogP contribution in [0.25, 0.3) is 0 Å². The van der Waals surface area contributed by atoms with Crippen LogP contribution in [0.1, 0.15) is 41.7 Å². The van der Waals surface area contributed by atoms with Gasteiger partial charge < -0.3 is 14.5 Å². The smallest absolute Gasteiger partial charge is 0.273 e. The maximum absolute atomic E-state index is 12.8. The van der Waals surface area contributed by atoms with E-state index >= 15 is 0 Å². The first-order valence-corrected chi connectivity index (χ1v) is 8.73. The average Bonchev–Trinajstić information content (AvgIpc) is 3.22. The Morgan fingerprint density at radius 3 is 3.23 bits per heavy atom. The molecular weight excluding hydrogens is 302 g/mol. The van der Waals surface area contributed by atoms with E-state index in [4.69, 9.17) is 4.74 Å². The van der Waals surface area contributed by atoms with E-state index in [2.05, 4.69) is 11.9 Å². The van der Waals surface area contributed by atoms with E-state index in [1.54, 1.807) is 4.90 Å². The standard InChI is InChI=1S/C15H19N3O3S/c1-2-3-12-16-10(9-22-12)14(20)17-5-4-15-11(17)8-13(19)18(15)6-7-21-15/h9,11H,2-8H2,1H3/t11-,15+/m1/s1. The summed E-state index contributed by atoms with van der Waals surface area (Å²) in [4.78, 5) is 33.0.